The fourth-order valence-electron chi connectivity index (χ4n) is 7.78. The molecule has 0 spiro atoms. The molecule has 1 aliphatic heterocycles. The summed E-state index contributed by atoms with van der Waals surface area (Å²) in [6, 6.07) is 23.2. The standard InChI is InChI=1S/C51H58N6O9S/c1-31(22-44(60)55-39-11-9-10-38(24-39)50(64)65)35-17-18-37-25-41(20-19-36(37)23-35)66-29-45(61)52-21-8-6-7-12-43(59)56-47(51(3,4)5)49(63)57-28-40(58)26-42(57)48(62)53-27-33-13-15-34(16-14-33)46-32(2)54-30-67-46/h9-11,13-20,22-25,30,40,42,47,58H,6-8,12,21,26-29H2,1-5H3,(H,52,61)(H,53,62)(H,55,60)(H,56,59)(H,64,65)/b31-22+/t40-,42+,47-/m1/s1. The highest BCUT2D eigenvalue weighted by molar-refractivity contribution is 7.13. The summed E-state index contributed by atoms with van der Waals surface area (Å²) in [4.78, 5) is 83.8. The molecule has 352 valence electrons. The number of carbonyl (C=O) groups is 6. The fourth-order valence-corrected chi connectivity index (χ4v) is 8.59. The van der Waals surface area contributed by atoms with Gasteiger partial charge in [-0.2, -0.15) is 0 Å². The van der Waals surface area contributed by atoms with Crippen LogP contribution in [0.1, 0.15) is 87.0 Å². The molecule has 6 N–H and O–H groups in total. The van der Waals surface area contributed by atoms with E-state index in [2.05, 4.69) is 26.3 Å². The minimum absolute atomic E-state index is 0.0114. The van der Waals surface area contributed by atoms with Crippen LogP contribution in [0.2, 0.25) is 0 Å². The molecule has 6 rings (SSSR count). The number of anilines is 1. The zero-order valence-corrected chi connectivity index (χ0v) is 39.2. The van der Waals surface area contributed by atoms with Crippen LogP contribution in [0.5, 0.6) is 5.75 Å². The molecule has 67 heavy (non-hydrogen) atoms. The van der Waals surface area contributed by atoms with Gasteiger partial charge < -0.3 is 41.1 Å². The third kappa shape index (κ3) is 13.8. The molecule has 15 nitrogen and oxygen atoms in total. The molecule has 3 atom stereocenters. The van der Waals surface area contributed by atoms with Crippen molar-refractivity contribution < 1.29 is 43.7 Å². The molecule has 0 radical (unpaired) electrons. The molecule has 0 unspecified atom stereocenters. The Labute approximate surface area is 394 Å². The average Bonchev–Trinajstić information content (AvgIpc) is 3.92. The van der Waals surface area contributed by atoms with Crippen LogP contribution < -0.4 is 26.0 Å². The number of aryl methyl sites for hydroxylation is 1. The molecule has 1 fully saturated rings. The lowest BCUT2D eigenvalue weighted by Crippen LogP contribution is -2.57. The molecule has 5 aromatic rings. The van der Waals surface area contributed by atoms with E-state index in [0.717, 1.165) is 38.0 Å². The number of hydrogen-bond donors (Lipinski definition) is 6. The molecule has 0 saturated carbocycles. The van der Waals surface area contributed by atoms with Gasteiger partial charge in [-0.15, -0.1) is 11.3 Å². The number of fused-ring (bicyclic) bond motifs is 1. The Kier molecular flexibility index (Phi) is 16.6. The zero-order valence-electron chi connectivity index (χ0n) is 38.4. The monoisotopic (exact) mass is 930 g/mol. The van der Waals surface area contributed by atoms with E-state index in [9.17, 15) is 39.0 Å². The SMILES string of the molecule is C/C(=C\C(=O)Nc1cccc(C(=O)O)c1)c1ccc2cc(OCC(=O)NCCCCCC(=O)N[C@H](C(=O)N3C[C@H](O)C[C@H]3C(=O)NCc3ccc(-c4scnc4C)cc3)C(C)(C)C)ccc2c1. The number of carboxylic acid groups (broad SMARTS) is 1. The van der Waals surface area contributed by atoms with Gasteiger partial charge in [0.1, 0.15) is 17.8 Å². The van der Waals surface area contributed by atoms with Crippen LogP contribution in [0.3, 0.4) is 0 Å². The fraction of sp³-hybridized carbons (Fsp3) is 0.353. The van der Waals surface area contributed by atoms with Crippen molar-refractivity contribution in [3.63, 3.8) is 0 Å². The lowest BCUT2D eigenvalue weighted by atomic mass is 9.85. The molecular formula is C51H58N6O9S. The summed E-state index contributed by atoms with van der Waals surface area (Å²) in [5.74, 6) is -2.33. The maximum atomic E-state index is 14.0. The number of carbonyl (C=O) groups excluding carboxylic acids is 5. The molecule has 2 heterocycles. The number of nitrogens with one attached hydrogen (secondary N) is 4. The van der Waals surface area contributed by atoms with Gasteiger partial charge in [0, 0.05) is 44.2 Å². The van der Waals surface area contributed by atoms with Crippen molar-refractivity contribution in [2.45, 2.75) is 91.5 Å². The van der Waals surface area contributed by atoms with Crippen LogP contribution >= 0.6 is 11.3 Å². The Bertz CT molecular complexity index is 2640. The smallest absolute Gasteiger partial charge is 0.335 e. The second-order valence-corrected chi connectivity index (χ2v) is 18.7. The van der Waals surface area contributed by atoms with E-state index >= 15 is 0 Å². The summed E-state index contributed by atoms with van der Waals surface area (Å²) in [6.07, 6.45) is 2.67. The second-order valence-electron chi connectivity index (χ2n) is 17.8. The van der Waals surface area contributed by atoms with Crippen LogP contribution in [0.15, 0.2) is 96.5 Å². The van der Waals surface area contributed by atoms with Crippen LogP contribution in [0.25, 0.3) is 26.8 Å². The number of likely N-dealkylation sites (tertiary alicyclic amines) is 1. The number of hydrogen-bond acceptors (Lipinski definition) is 10. The number of aliphatic hydroxyl groups excluding tert-OH is 1. The predicted octanol–water partition coefficient (Wildman–Crippen LogP) is 6.88. The number of carboxylic acids is 1. The number of aromatic carboxylic acids is 1. The van der Waals surface area contributed by atoms with Gasteiger partial charge in [0.25, 0.3) is 5.91 Å². The predicted molar refractivity (Wildman–Crippen MR) is 258 cm³/mol. The number of nitrogens with zero attached hydrogens (tertiary/aromatic N) is 2. The number of thiazole rings is 1. The second kappa shape index (κ2) is 22.5. The zero-order chi connectivity index (χ0) is 48.3. The lowest BCUT2D eigenvalue weighted by molar-refractivity contribution is -0.144. The van der Waals surface area contributed by atoms with E-state index in [4.69, 9.17) is 4.74 Å². The van der Waals surface area contributed by atoms with Crippen molar-refractivity contribution in [3.8, 4) is 16.2 Å². The van der Waals surface area contributed by atoms with E-state index in [1.165, 1.54) is 23.1 Å². The minimum Gasteiger partial charge on any atom is -0.484 e. The first-order chi connectivity index (χ1) is 31.9. The first-order valence-electron chi connectivity index (χ1n) is 22.3. The minimum atomic E-state index is -1.08. The van der Waals surface area contributed by atoms with E-state index in [1.807, 2.05) is 89.2 Å². The number of rotatable bonds is 19. The molecule has 0 aliphatic carbocycles. The highest BCUT2D eigenvalue weighted by Crippen LogP contribution is 2.29. The average molecular weight is 931 g/mol. The van der Waals surface area contributed by atoms with E-state index in [-0.39, 0.29) is 61.7 Å². The summed E-state index contributed by atoms with van der Waals surface area (Å²) in [7, 11) is 0. The van der Waals surface area contributed by atoms with Gasteiger partial charge in [0.2, 0.25) is 23.6 Å². The van der Waals surface area contributed by atoms with E-state index < -0.39 is 35.5 Å². The van der Waals surface area contributed by atoms with Gasteiger partial charge in [-0.3, -0.25) is 24.0 Å². The topological polar surface area (TPSA) is 216 Å². The number of aromatic nitrogens is 1. The van der Waals surface area contributed by atoms with Crippen molar-refractivity contribution in [1.29, 1.82) is 0 Å². The molecule has 4 aromatic carbocycles. The molecule has 1 aromatic heterocycles. The largest absolute Gasteiger partial charge is 0.484 e. The summed E-state index contributed by atoms with van der Waals surface area (Å²) < 4.78 is 5.75. The summed E-state index contributed by atoms with van der Waals surface area (Å²) in [5.41, 5.74) is 6.02. The third-order valence-corrected chi connectivity index (χ3v) is 12.5. The number of β-amino-alcohol motifs (C(OH)–C–C–N with tert-alkyl or cyclic N) is 1. The molecule has 1 saturated heterocycles. The Hall–Kier alpha value is -6.91. The van der Waals surface area contributed by atoms with Gasteiger partial charge in [0.05, 0.1) is 27.7 Å². The number of allylic oxidation sites excluding steroid dienone is 1. The maximum absolute atomic E-state index is 14.0. The molecular weight excluding hydrogens is 873 g/mol. The quantitative estimate of drug-likeness (QED) is 0.0373. The van der Waals surface area contributed by atoms with Crippen LogP contribution in [-0.2, 0) is 30.5 Å². The van der Waals surface area contributed by atoms with Crippen molar-refractivity contribution >= 4 is 68.9 Å². The first kappa shape index (κ1) is 49.5. The van der Waals surface area contributed by atoms with Crippen LogP contribution in [0.4, 0.5) is 5.69 Å². The first-order valence-corrected chi connectivity index (χ1v) is 23.1. The number of amides is 5. The van der Waals surface area contributed by atoms with Gasteiger partial charge in [-0.25, -0.2) is 9.78 Å². The highest BCUT2D eigenvalue weighted by Gasteiger charge is 2.44. The summed E-state index contributed by atoms with van der Waals surface area (Å²) in [6.45, 7) is 9.76. The maximum Gasteiger partial charge on any atom is 0.335 e. The normalized spacial score (nSPS) is 15.4. The lowest BCUT2D eigenvalue weighted by Gasteiger charge is -2.35. The van der Waals surface area contributed by atoms with Crippen molar-refractivity contribution in [2.75, 3.05) is 25.0 Å². The Morgan fingerprint density at radius 2 is 1.64 bits per heavy atom. The third-order valence-electron chi connectivity index (χ3n) is 11.5. The van der Waals surface area contributed by atoms with E-state index in [1.54, 1.807) is 35.0 Å². The van der Waals surface area contributed by atoms with Crippen molar-refractivity contribution in [2.24, 2.45) is 5.41 Å². The van der Waals surface area contributed by atoms with Crippen LogP contribution in [-0.4, -0.2) is 93.5 Å². The molecule has 1 aliphatic rings. The molecule has 5 amide bonds. The summed E-state index contributed by atoms with van der Waals surface area (Å²) >= 11 is 1.57. The van der Waals surface area contributed by atoms with Gasteiger partial charge in [-0.1, -0.05) is 75.7 Å². The van der Waals surface area contributed by atoms with E-state index in [0.29, 0.717) is 42.8 Å². The molecule has 0 bridgehead atoms. The van der Waals surface area contributed by atoms with Crippen LogP contribution in [0, 0.1) is 12.3 Å². The van der Waals surface area contributed by atoms with Crippen molar-refractivity contribution in [1.82, 2.24) is 25.8 Å². The highest BCUT2D eigenvalue weighted by atomic mass is 32.1. The Balaban J connectivity index is 0.895. The number of benzene rings is 4. The molecule has 16 heteroatoms. The van der Waals surface area contributed by atoms with Gasteiger partial charge in [0.15, 0.2) is 6.61 Å². The number of unbranched alkanes of at least 4 members (excludes halogenated alkanes) is 2. The Morgan fingerprint density at radius 3 is 2.36 bits per heavy atom. The summed E-state index contributed by atoms with van der Waals surface area (Å²) in [5, 5.41) is 32.9. The van der Waals surface area contributed by atoms with Crippen molar-refractivity contribution in [3.05, 3.63) is 119 Å². The number of aliphatic hydroxyl groups is 1. The van der Waals surface area contributed by atoms with Gasteiger partial charge in [-0.05, 0) is 102 Å². The number of ether oxygens (including phenoxy) is 1. The van der Waals surface area contributed by atoms with Gasteiger partial charge >= 0.3 is 5.97 Å². The Morgan fingerprint density at radius 1 is 0.896 bits per heavy atom.